The Morgan fingerprint density at radius 1 is 0.839 bits per heavy atom. The van der Waals surface area contributed by atoms with E-state index >= 15 is 0 Å². The molecule has 0 aromatic heterocycles. The van der Waals surface area contributed by atoms with Crippen LogP contribution in [0.3, 0.4) is 0 Å². The first-order chi connectivity index (χ1) is 15.2. The molecule has 0 saturated carbocycles. The summed E-state index contributed by atoms with van der Waals surface area (Å²) in [6.45, 7) is 1.95. The van der Waals surface area contributed by atoms with Gasteiger partial charge in [-0.15, -0.1) is 0 Å². The van der Waals surface area contributed by atoms with Crippen molar-refractivity contribution in [1.29, 1.82) is 0 Å². The lowest BCUT2D eigenvalue weighted by atomic mass is 10.1. The lowest BCUT2D eigenvalue weighted by Gasteiger charge is -2.06. The maximum atomic E-state index is 12.6. The van der Waals surface area contributed by atoms with E-state index in [1.165, 1.54) is 0 Å². The number of carbonyl (C=O) groups is 2. The standard InChI is InChI=1S/C26H25N3O2/c1-2-9-25(30)27-23-17-15-22(16-18-23)26(31)29-28-24(21-12-7-4-8-13-21)19-14-20-10-5-3-6-11-20/h3-8,10-19H,2,9H2,1H3,(H,27,30)(H,29,31)/b19-14+,28-24-. The zero-order valence-electron chi connectivity index (χ0n) is 17.4. The van der Waals surface area contributed by atoms with Crippen LogP contribution in [0.4, 0.5) is 5.69 Å². The van der Waals surface area contributed by atoms with E-state index in [2.05, 4.69) is 15.8 Å². The number of nitrogens with zero attached hydrogens (tertiary/aromatic N) is 1. The van der Waals surface area contributed by atoms with E-state index < -0.39 is 0 Å². The quantitative estimate of drug-likeness (QED) is 0.391. The fourth-order valence-electron chi connectivity index (χ4n) is 2.88. The summed E-state index contributed by atoms with van der Waals surface area (Å²) in [6, 6.07) is 26.3. The first kappa shape index (κ1) is 21.7. The van der Waals surface area contributed by atoms with E-state index in [9.17, 15) is 9.59 Å². The highest BCUT2D eigenvalue weighted by molar-refractivity contribution is 6.11. The molecule has 0 radical (unpaired) electrons. The molecule has 156 valence electrons. The molecule has 0 atom stereocenters. The SMILES string of the molecule is CCCC(=O)Nc1ccc(C(=O)N/N=C(/C=C/c2ccccc2)c2ccccc2)cc1. The van der Waals surface area contributed by atoms with Gasteiger partial charge in [-0.2, -0.15) is 5.10 Å². The summed E-state index contributed by atoms with van der Waals surface area (Å²) in [5.41, 5.74) is 6.31. The molecule has 0 heterocycles. The molecule has 2 N–H and O–H groups in total. The van der Waals surface area contributed by atoms with Crippen LogP contribution in [-0.4, -0.2) is 17.5 Å². The van der Waals surface area contributed by atoms with Gasteiger partial charge in [-0.3, -0.25) is 9.59 Å². The van der Waals surface area contributed by atoms with Crippen molar-refractivity contribution in [3.63, 3.8) is 0 Å². The minimum atomic E-state index is -0.326. The van der Waals surface area contributed by atoms with Gasteiger partial charge in [-0.05, 0) is 42.3 Å². The number of allylic oxidation sites excluding steroid dienone is 1. The summed E-state index contributed by atoms with van der Waals surface area (Å²) < 4.78 is 0. The zero-order chi connectivity index (χ0) is 21.9. The van der Waals surface area contributed by atoms with Gasteiger partial charge in [0, 0.05) is 23.2 Å². The van der Waals surface area contributed by atoms with E-state index in [1.807, 2.05) is 79.7 Å². The smallest absolute Gasteiger partial charge is 0.271 e. The third-order valence-corrected chi connectivity index (χ3v) is 4.49. The summed E-state index contributed by atoms with van der Waals surface area (Å²) in [5.74, 6) is -0.366. The number of rotatable bonds is 8. The fraction of sp³-hybridized carbons (Fsp3) is 0.115. The van der Waals surface area contributed by atoms with Crippen LogP contribution in [0.15, 0.2) is 96.1 Å². The van der Waals surface area contributed by atoms with Crippen molar-refractivity contribution < 1.29 is 9.59 Å². The summed E-state index contributed by atoms with van der Waals surface area (Å²) in [6.07, 6.45) is 5.07. The van der Waals surface area contributed by atoms with E-state index in [4.69, 9.17) is 0 Å². The van der Waals surface area contributed by atoms with Gasteiger partial charge in [-0.1, -0.05) is 73.7 Å². The summed E-state index contributed by atoms with van der Waals surface area (Å²) in [4.78, 5) is 24.3. The first-order valence-corrected chi connectivity index (χ1v) is 10.2. The van der Waals surface area contributed by atoms with Gasteiger partial charge in [0.15, 0.2) is 0 Å². The number of hydrazone groups is 1. The average molecular weight is 412 g/mol. The van der Waals surface area contributed by atoms with Gasteiger partial charge in [0.05, 0.1) is 5.71 Å². The lowest BCUT2D eigenvalue weighted by Crippen LogP contribution is -2.19. The van der Waals surface area contributed by atoms with Gasteiger partial charge in [0.1, 0.15) is 0 Å². The van der Waals surface area contributed by atoms with Crippen LogP contribution in [0.2, 0.25) is 0 Å². The Labute approximate surface area is 182 Å². The van der Waals surface area contributed by atoms with Gasteiger partial charge >= 0.3 is 0 Å². The molecule has 3 rings (SSSR count). The van der Waals surface area contributed by atoms with Crippen LogP contribution in [0.1, 0.15) is 41.3 Å². The first-order valence-electron chi connectivity index (χ1n) is 10.2. The number of amides is 2. The van der Waals surface area contributed by atoms with E-state index in [-0.39, 0.29) is 11.8 Å². The maximum absolute atomic E-state index is 12.6. The topological polar surface area (TPSA) is 70.6 Å². The maximum Gasteiger partial charge on any atom is 0.271 e. The van der Waals surface area contributed by atoms with Crippen molar-refractivity contribution in [2.24, 2.45) is 5.10 Å². The van der Waals surface area contributed by atoms with Gasteiger partial charge in [0.25, 0.3) is 5.91 Å². The van der Waals surface area contributed by atoms with Gasteiger partial charge < -0.3 is 5.32 Å². The summed E-state index contributed by atoms with van der Waals surface area (Å²) in [7, 11) is 0. The summed E-state index contributed by atoms with van der Waals surface area (Å²) >= 11 is 0. The third kappa shape index (κ3) is 6.78. The Balaban J connectivity index is 1.73. The highest BCUT2D eigenvalue weighted by Gasteiger charge is 2.07. The molecule has 0 fully saturated rings. The number of benzene rings is 3. The highest BCUT2D eigenvalue weighted by Crippen LogP contribution is 2.11. The largest absolute Gasteiger partial charge is 0.326 e. The second kappa shape index (κ2) is 11.3. The molecule has 0 saturated heterocycles. The molecule has 5 nitrogen and oxygen atoms in total. The normalized spacial score (nSPS) is 11.3. The molecule has 0 aliphatic heterocycles. The molecule has 2 amide bonds. The molecular weight excluding hydrogens is 386 g/mol. The molecule has 0 aliphatic rings. The predicted octanol–water partition coefficient (Wildman–Crippen LogP) is 5.27. The van der Waals surface area contributed by atoms with E-state index in [0.717, 1.165) is 17.5 Å². The molecule has 0 spiro atoms. The molecule has 5 heteroatoms. The van der Waals surface area contributed by atoms with Gasteiger partial charge in [-0.25, -0.2) is 5.43 Å². The molecule has 3 aromatic carbocycles. The fourth-order valence-corrected chi connectivity index (χ4v) is 2.88. The molecule has 0 aliphatic carbocycles. The van der Waals surface area contributed by atoms with Crippen molar-refractivity contribution in [2.45, 2.75) is 19.8 Å². The van der Waals surface area contributed by atoms with Gasteiger partial charge in [0.2, 0.25) is 5.91 Å². The molecule has 0 bridgehead atoms. The Kier molecular flexibility index (Phi) is 7.89. The van der Waals surface area contributed by atoms with E-state index in [0.29, 0.717) is 23.4 Å². The third-order valence-electron chi connectivity index (χ3n) is 4.49. The van der Waals surface area contributed by atoms with Crippen LogP contribution in [0.25, 0.3) is 6.08 Å². The van der Waals surface area contributed by atoms with Crippen LogP contribution in [0.5, 0.6) is 0 Å². The van der Waals surface area contributed by atoms with Crippen LogP contribution >= 0.6 is 0 Å². The van der Waals surface area contributed by atoms with Crippen molar-refractivity contribution in [3.05, 3.63) is 108 Å². The predicted molar refractivity (Wildman–Crippen MR) is 126 cm³/mol. The molecule has 31 heavy (non-hydrogen) atoms. The Morgan fingerprint density at radius 2 is 1.48 bits per heavy atom. The number of nitrogens with one attached hydrogen (secondary N) is 2. The number of carbonyl (C=O) groups excluding carboxylic acids is 2. The molecule has 0 unspecified atom stereocenters. The Hall–Kier alpha value is -3.99. The number of hydrogen-bond donors (Lipinski definition) is 2. The van der Waals surface area contributed by atoms with Crippen molar-refractivity contribution in [1.82, 2.24) is 5.43 Å². The minimum absolute atomic E-state index is 0.0398. The van der Waals surface area contributed by atoms with Crippen molar-refractivity contribution >= 4 is 29.3 Å². The van der Waals surface area contributed by atoms with Crippen molar-refractivity contribution in [3.8, 4) is 0 Å². The van der Waals surface area contributed by atoms with Crippen LogP contribution in [0, 0.1) is 0 Å². The number of hydrogen-bond acceptors (Lipinski definition) is 3. The Morgan fingerprint density at radius 3 is 2.13 bits per heavy atom. The monoisotopic (exact) mass is 411 g/mol. The Bertz CT molecular complexity index is 1060. The van der Waals surface area contributed by atoms with Crippen LogP contribution < -0.4 is 10.7 Å². The second-order valence-electron chi connectivity index (χ2n) is 6.92. The van der Waals surface area contributed by atoms with E-state index in [1.54, 1.807) is 24.3 Å². The minimum Gasteiger partial charge on any atom is -0.326 e. The van der Waals surface area contributed by atoms with Crippen molar-refractivity contribution in [2.75, 3.05) is 5.32 Å². The zero-order valence-corrected chi connectivity index (χ0v) is 17.4. The van der Waals surface area contributed by atoms with Crippen LogP contribution in [-0.2, 0) is 4.79 Å². The summed E-state index contributed by atoms with van der Waals surface area (Å²) in [5, 5.41) is 7.15. The lowest BCUT2D eigenvalue weighted by molar-refractivity contribution is -0.116. The average Bonchev–Trinajstić information content (AvgIpc) is 2.81. The molecule has 3 aromatic rings. The number of anilines is 1. The second-order valence-corrected chi connectivity index (χ2v) is 6.92. The molecular formula is C26H25N3O2. The highest BCUT2D eigenvalue weighted by atomic mass is 16.2.